The van der Waals surface area contributed by atoms with Gasteiger partial charge in [0.25, 0.3) is 0 Å². The first-order chi connectivity index (χ1) is 11.6. The lowest BCUT2D eigenvalue weighted by Gasteiger charge is -2.05. The van der Waals surface area contributed by atoms with Crippen molar-refractivity contribution in [2.75, 3.05) is 6.61 Å². The molecular weight excluding hydrogens is 318 g/mol. The standard InChI is InChI=1S/C19H21N3OS/c1-15(2)13-23-18-10-8-16(9-11-18)12-21-22-19(20)24-14-17-6-4-3-5-7-17/h3-12H,1,13-14H2,2H3,(H2,20,22). The smallest absolute Gasteiger partial charge is 0.180 e. The predicted molar refractivity (Wildman–Crippen MR) is 104 cm³/mol. The average Bonchev–Trinajstić information content (AvgIpc) is 2.60. The van der Waals surface area contributed by atoms with Gasteiger partial charge in [0.15, 0.2) is 5.17 Å². The zero-order chi connectivity index (χ0) is 17.2. The fourth-order valence-electron chi connectivity index (χ4n) is 1.77. The summed E-state index contributed by atoms with van der Waals surface area (Å²) >= 11 is 1.46. The number of hydrogen-bond acceptors (Lipinski definition) is 4. The second-order valence-electron chi connectivity index (χ2n) is 5.27. The quantitative estimate of drug-likeness (QED) is 0.355. The highest BCUT2D eigenvalue weighted by molar-refractivity contribution is 8.13. The molecule has 0 aromatic heterocycles. The molecule has 0 amide bonds. The second kappa shape index (κ2) is 9.57. The van der Waals surface area contributed by atoms with Crippen LogP contribution in [0.4, 0.5) is 0 Å². The summed E-state index contributed by atoms with van der Waals surface area (Å²) in [4.78, 5) is 0. The van der Waals surface area contributed by atoms with Crippen LogP contribution in [0.15, 0.2) is 77.0 Å². The molecule has 0 atom stereocenters. The zero-order valence-electron chi connectivity index (χ0n) is 13.7. The average molecular weight is 339 g/mol. The number of benzene rings is 2. The fraction of sp³-hybridized carbons (Fsp3) is 0.158. The third-order valence-electron chi connectivity index (χ3n) is 2.96. The van der Waals surface area contributed by atoms with Crippen molar-refractivity contribution in [3.63, 3.8) is 0 Å². The van der Waals surface area contributed by atoms with E-state index in [9.17, 15) is 0 Å². The molecule has 0 saturated carbocycles. The van der Waals surface area contributed by atoms with Crippen molar-refractivity contribution in [1.29, 1.82) is 0 Å². The summed E-state index contributed by atoms with van der Waals surface area (Å²) in [6.45, 7) is 6.25. The molecule has 0 aliphatic rings. The molecule has 24 heavy (non-hydrogen) atoms. The SMILES string of the molecule is C=C(C)COc1ccc(C=NN=C(N)SCc2ccccc2)cc1. The number of hydrogen-bond donors (Lipinski definition) is 1. The maximum atomic E-state index is 5.85. The number of nitrogens with two attached hydrogens (primary N) is 1. The maximum Gasteiger partial charge on any atom is 0.180 e. The minimum Gasteiger partial charge on any atom is -0.489 e. The third-order valence-corrected chi connectivity index (χ3v) is 3.81. The monoisotopic (exact) mass is 339 g/mol. The first kappa shape index (κ1) is 17.8. The zero-order valence-corrected chi connectivity index (χ0v) is 14.5. The van der Waals surface area contributed by atoms with Crippen molar-refractivity contribution in [2.45, 2.75) is 12.7 Å². The Morgan fingerprint density at radius 2 is 1.88 bits per heavy atom. The summed E-state index contributed by atoms with van der Waals surface area (Å²) < 4.78 is 5.54. The molecule has 2 N–H and O–H groups in total. The summed E-state index contributed by atoms with van der Waals surface area (Å²) in [6.07, 6.45) is 1.67. The molecule has 2 aromatic carbocycles. The lowest BCUT2D eigenvalue weighted by molar-refractivity contribution is 0.352. The lowest BCUT2D eigenvalue weighted by Crippen LogP contribution is -2.06. The summed E-state index contributed by atoms with van der Waals surface area (Å²) in [5.74, 6) is 1.58. The molecule has 0 aliphatic heterocycles. The Labute approximate surface area is 147 Å². The van der Waals surface area contributed by atoms with E-state index < -0.39 is 0 Å². The lowest BCUT2D eigenvalue weighted by atomic mass is 10.2. The van der Waals surface area contributed by atoms with Crippen LogP contribution in [0.2, 0.25) is 0 Å². The van der Waals surface area contributed by atoms with Crippen LogP contribution in [0.5, 0.6) is 5.75 Å². The molecule has 124 valence electrons. The van der Waals surface area contributed by atoms with Crippen LogP contribution in [0, 0.1) is 0 Å². The van der Waals surface area contributed by atoms with E-state index in [2.05, 4.69) is 28.9 Å². The van der Waals surface area contributed by atoms with Gasteiger partial charge in [-0.2, -0.15) is 5.10 Å². The minimum atomic E-state index is 0.441. The van der Waals surface area contributed by atoms with Gasteiger partial charge in [-0.3, -0.25) is 0 Å². The maximum absolute atomic E-state index is 5.85. The van der Waals surface area contributed by atoms with Crippen LogP contribution in [0.25, 0.3) is 0 Å². The summed E-state index contributed by atoms with van der Waals surface area (Å²) in [6, 6.07) is 17.7. The van der Waals surface area contributed by atoms with Crippen LogP contribution in [0.3, 0.4) is 0 Å². The van der Waals surface area contributed by atoms with E-state index in [1.807, 2.05) is 49.4 Å². The Bertz CT molecular complexity index is 709. The Hall–Kier alpha value is -2.53. The number of thioether (sulfide) groups is 1. The van der Waals surface area contributed by atoms with Crippen molar-refractivity contribution in [1.82, 2.24) is 0 Å². The van der Waals surface area contributed by atoms with E-state index in [4.69, 9.17) is 10.5 Å². The van der Waals surface area contributed by atoms with E-state index in [0.717, 1.165) is 22.6 Å². The van der Waals surface area contributed by atoms with E-state index in [-0.39, 0.29) is 0 Å². The normalized spacial score (nSPS) is 11.6. The first-order valence-corrected chi connectivity index (χ1v) is 8.52. The van der Waals surface area contributed by atoms with E-state index in [0.29, 0.717) is 11.8 Å². The van der Waals surface area contributed by atoms with E-state index >= 15 is 0 Å². The summed E-state index contributed by atoms with van der Waals surface area (Å²) in [5, 5.41) is 8.46. The number of ether oxygens (including phenoxy) is 1. The molecule has 2 aromatic rings. The van der Waals surface area contributed by atoms with Gasteiger partial charge in [0, 0.05) is 5.75 Å². The van der Waals surface area contributed by atoms with Crippen LogP contribution in [0.1, 0.15) is 18.1 Å². The molecule has 0 heterocycles. The Kier molecular flexibility index (Phi) is 7.11. The molecular formula is C19H21N3OS. The summed E-state index contributed by atoms with van der Waals surface area (Å²) in [5.41, 5.74) is 8.97. The van der Waals surface area contributed by atoms with Crippen molar-refractivity contribution in [3.05, 3.63) is 77.9 Å². The minimum absolute atomic E-state index is 0.441. The summed E-state index contributed by atoms with van der Waals surface area (Å²) in [7, 11) is 0. The van der Waals surface area contributed by atoms with Crippen molar-refractivity contribution in [2.24, 2.45) is 15.9 Å². The van der Waals surface area contributed by atoms with Crippen molar-refractivity contribution < 1.29 is 4.74 Å². The number of rotatable bonds is 7. The molecule has 4 nitrogen and oxygen atoms in total. The molecule has 2 rings (SSSR count). The molecule has 0 bridgehead atoms. The van der Waals surface area contributed by atoms with E-state index in [1.54, 1.807) is 6.21 Å². The van der Waals surface area contributed by atoms with Crippen LogP contribution >= 0.6 is 11.8 Å². The highest BCUT2D eigenvalue weighted by atomic mass is 32.2. The molecule has 5 heteroatoms. The van der Waals surface area contributed by atoms with Crippen molar-refractivity contribution >= 4 is 23.1 Å². The highest BCUT2D eigenvalue weighted by Crippen LogP contribution is 2.13. The van der Waals surface area contributed by atoms with Gasteiger partial charge in [0.1, 0.15) is 12.4 Å². The molecule has 0 unspecified atom stereocenters. The van der Waals surface area contributed by atoms with Crippen LogP contribution < -0.4 is 10.5 Å². The Morgan fingerprint density at radius 3 is 2.54 bits per heavy atom. The topological polar surface area (TPSA) is 60.0 Å². The van der Waals surface area contributed by atoms with Gasteiger partial charge >= 0.3 is 0 Å². The Balaban J connectivity index is 1.82. The molecule has 0 saturated heterocycles. The number of nitrogens with zero attached hydrogens (tertiary/aromatic N) is 2. The van der Waals surface area contributed by atoms with Crippen LogP contribution in [-0.4, -0.2) is 18.0 Å². The van der Waals surface area contributed by atoms with Gasteiger partial charge in [0.05, 0.1) is 6.21 Å². The second-order valence-corrected chi connectivity index (χ2v) is 6.27. The van der Waals surface area contributed by atoms with Crippen LogP contribution in [-0.2, 0) is 5.75 Å². The predicted octanol–water partition coefficient (Wildman–Crippen LogP) is 4.22. The number of amidine groups is 1. The van der Waals surface area contributed by atoms with Gasteiger partial charge in [-0.05, 0) is 47.9 Å². The van der Waals surface area contributed by atoms with Crippen molar-refractivity contribution in [3.8, 4) is 5.75 Å². The largest absolute Gasteiger partial charge is 0.489 e. The van der Waals surface area contributed by atoms with Gasteiger partial charge in [-0.25, -0.2) is 0 Å². The molecule has 0 aliphatic carbocycles. The highest BCUT2D eigenvalue weighted by Gasteiger charge is 1.96. The third kappa shape index (κ3) is 6.71. The molecule has 0 radical (unpaired) electrons. The van der Waals surface area contributed by atoms with Gasteiger partial charge in [-0.15, -0.1) is 5.10 Å². The fourth-order valence-corrected chi connectivity index (χ4v) is 2.38. The molecule has 0 spiro atoms. The molecule has 0 fully saturated rings. The van der Waals surface area contributed by atoms with Gasteiger partial charge in [-0.1, -0.05) is 48.7 Å². The van der Waals surface area contributed by atoms with Gasteiger partial charge < -0.3 is 10.5 Å². The van der Waals surface area contributed by atoms with E-state index in [1.165, 1.54) is 17.3 Å². The van der Waals surface area contributed by atoms with Gasteiger partial charge in [0.2, 0.25) is 0 Å². The first-order valence-electron chi connectivity index (χ1n) is 7.54. The Morgan fingerprint density at radius 1 is 1.17 bits per heavy atom.